The standard InChI is InChI=1S/C25H28ClFN4O5/c1-14(32)31-6-4-15(5-7-31)24-28-12-21(36-24)23(34)30-25-9-16(10-25)20(11-25)29-22(33)13-35-17-2-3-18(26)19(27)8-17/h2-3,8,12,15-16,20H,4-7,9-11,13H2,1H3,(H,29,33)(H,30,34). The number of nitrogens with zero attached hydrogens (tertiary/aromatic N) is 2. The minimum Gasteiger partial charge on any atom is -0.484 e. The molecule has 2 heterocycles. The topological polar surface area (TPSA) is 114 Å². The molecule has 11 heteroatoms. The Balaban J connectivity index is 1.09. The molecule has 2 N–H and O–H groups in total. The van der Waals surface area contributed by atoms with Crippen LogP contribution in [0.25, 0.3) is 0 Å². The maximum absolute atomic E-state index is 13.5. The summed E-state index contributed by atoms with van der Waals surface area (Å²) in [6.45, 7) is 2.64. The van der Waals surface area contributed by atoms with Crippen molar-refractivity contribution in [3.8, 4) is 5.75 Å². The third-order valence-corrected chi connectivity index (χ3v) is 7.82. The molecule has 4 aliphatic rings. The molecule has 1 atom stereocenters. The van der Waals surface area contributed by atoms with Crippen LogP contribution in [0.4, 0.5) is 4.39 Å². The van der Waals surface area contributed by atoms with Crippen molar-refractivity contribution in [2.75, 3.05) is 19.7 Å². The molecule has 3 amide bonds. The summed E-state index contributed by atoms with van der Waals surface area (Å²) < 4.78 is 24.7. The smallest absolute Gasteiger partial charge is 0.289 e. The van der Waals surface area contributed by atoms with Crippen LogP contribution in [0.5, 0.6) is 5.75 Å². The van der Waals surface area contributed by atoms with Crippen molar-refractivity contribution in [2.24, 2.45) is 5.92 Å². The van der Waals surface area contributed by atoms with E-state index in [-0.39, 0.29) is 64.3 Å². The van der Waals surface area contributed by atoms with Gasteiger partial charge in [0.25, 0.3) is 11.8 Å². The Morgan fingerprint density at radius 1 is 1.25 bits per heavy atom. The fraction of sp³-hybridized carbons (Fsp3) is 0.520. The van der Waals surface area contributed by atoms with Gasteiger partial charge in [-0.2, -0.15) is 0 Å². The normalized spacial score (nSPS) is 25.2. The van der Waals surface area contributed by atoms with Gasteiger partial charge in [-0.15, -0.1) is 0 Å². The number of fused-ring (bicyclic) bond motifs is 1. The number of halogens is 2. The van der Waals surface area contributed by atoms with Gasteiger partial charge in [0.2, 0.25) is 11.7 Å². The van der Waals surface area contributed by atoms with Gasteiger partial charge in [-0.05, 0) is 50.2 Å². The molecule has 1 aromatic heterocycles. The highest BCUT2D eigenvalue weighted by Crippen LogP contribution is 2.52. The second-order valence-electron chi connectivity index (χ2n) is 9.99. The monoisotopic (exact) mass is 518 g/mol. The maximum atomic E-state index is 13.5. The van der Waals surface area contributed by atoms with Gasteiger partial charge in [0.05, 0.1) is 11.2 Å². The summed E-state index contributed by atoms with van der Waals surface area (Å²) in [4.78, 5) is 42.9. The number of carbonyl (C=O) groups excluding carboxylic acids is 3. The summed E-state index contributed by atoms with van der Waals surface area (Å²) in [6.07, 6.45) is 5.14. The maximum Gasteiger partial charge on any atom is 0.289 e. The molecule has 2 aromatic rings. The molecule has 0 radical (unpaired) electrons. The molecule has 9 nitrogen and oxygen atoms in total. The minimum atomic E-state index is -0.610. The van der Waals surface area contributed by atoms with Crippen molar-refractivity contribution < 1.29 is 27.9 Å². The molecular weight excluding hydrogens is 491 g/mol. The van der Waals surface area contributed by atoms with E-state index in [2.05, 4.69) is 15.6 Å². The largest absolute Gasteiger partial charge is 0.484 e. The van der Waals surface area contributed by atoms with Crippen molar-refractivity contribution in [2.45, 2.75) is 56.5 Å². The lowest BCUT2D eigenvalue weighted by Crippen LogP contribution is -2.51. The SMILES string of the molecule is CC(=O)N1CCC(c2ncc(C(=O)NC34CC(C3)C(NC(=O)COc3ccc(Cl)c(F)c3)C4)o2)CC1. The number of hydrogen-bond acceptors (Lipinski definition) is 6. The first kappa shape index (κ1) is 24.5. The number of ether oxygens (including phenoxy) is 1. The predicted molar refractivity (Wildman–Crippen MR) is 127 cm³/mol. The van der Waals surface area contributed by atoms with E-state index in [0.717, 1.165) is 31.7 Å². The molecule has 192 valence electrons. The Labute approximate surface area is 212 Å². The van der Waals surface area contributed by atoms with Crippen LogP contribution < -0.4 is 15.4 Å². The van der Waals surface area contributed by atoms with Gasteiger partial charge in [0, 0.05) is 43.6 Å². The van der Waals surface area contributed by atoms with Gasteiger partial charge in [-0.3, -0.25) is 14.4 Å². The average Bonchev–Trinajstić information content (AvgIpc) is 3.53. The molecule has 1 aliphatic heterocycles. The molecular formula is C25H28ClFN4O5. The molecule has 2 bridgehead atoms. The molecule has 1 aromatic carbocycles. The summed E-state index contributed by atoms with van der Waals surface area (Å²) in [5.74, 6) is 0.133. The first-order chi connectivity index (χ1) is 17.2. The van der Waals surface area contributed by atoms with Crippen LogP contribution in [0.2, 0.25) is 5.02 Å². The Hall–Kier alpha value is -3.14. The van der Waals surface area contributed by atoms with Gasteiger partial charge in [-0.25, -0.2) is 9.37 Å². The third kappa shape index (κ3) is 5.04. The summed E-state index contributed by atoms with van der Waals surface area (Å²) in [6, 6.07) is 3.94. The van der Waals surface area contributed by atoms with Crippen molar-refractivity contribution in [3.63, 3.8) is 0 Å². The first-order valence-electron chi connectivity index (χ1n) is 12.1. The summed E-state index contributed by atoms with van der Waals surface area (Å²) in [7, 11) is 0. The highest BCUT2D eigenvalue weighted by atomic mass is 35.5. The van der Waals surface area contributed by atoms with Crippen molar-refractivity contribution in [1.82, 2.24) is 20.5 Å². The Bertz CT molecular complexity index is 1170. The van der Waals surface area contributed by atoms with Crippen LogP contribution in [-0.4, -0.2) is 58.9 Å². The number of hydrogen-bond donors (Lipinski definition) is 2. The number of amides is 3. The molecule has 1 saturated heterocycles. The quantitative estimate of drug-likeness (QED) is 0.582. The fourth-order valence-electron chi connectivity index (χ4n) is 5.59. The summed E-state index contributed by atoms with van der Waals surface area (Å²) in [5, 5.41) is 6.04. The Morgan fingerprint density at radius 2 is 2.00 bits per heavy atom. The zero-order chi connectivity index (χ0) is 25.4. The van der Waals surface area contributed by atoms with E-state index in [1.54, 1.807) is 11.8 Å². The second-order valence-corrected chi connectivity index (χ2v) is 10.4. The lowest BCUT2D eigenvalue weighted by atomic mass is 9.76. The Kier molecular flexibility index (Phi) is 6.63. The predicted octanol–water partition coefficient (Wildman–Crippen LogP) is 3.04. The van der Waals surface area contributed by atoms with Crippen molar-refractivity contribution in [1.29, 1.82) is 0 Å². The lowest BCUT2D eigenvalue weighted by molar-refractivity contribution is -0.130. The Morgan fingerprint density at radius 3 is 2.69 bits per heavy atom. The number of carbonyl (C=O) groups is 3. The molecule has 3 aliphatic carbocycles. The van der Waals surface area contributed by atoms with E-state index < -0.39 is 5.82 Å². The lowest BCUT2D eigenvalue weighted by Gasteiger charge is -2.38. The third-order valence-electron chi connectivity index (χ3n) is 7.51. The number of aromatic nitrogens is 1. The fourth-order valence-corrected chi connectivity index (χ4v) is 5.71. The molecule has 4 fully saturated rings. The molecule has 36 heavy (non-hydrogen) atoms. The zero-order valence-corrected chi connectivity index (χ0v) is 20.6. The van der Waals surface area contributed by atoms with E-state index >= 15 is 0 Å². The van der Waals surface area contributed by atoms with Crippen molar-refractivity contribution in [3.05, 3.63) is 46.9 Å². The van der Waals surface area contributed by atoms with E-state index in [4.69, 9.17) is 20.8 Å². The number of likely N-dealkylation sites (tertiary alicyclic amines) is 1. The number of oxazole rings is 1. The highest BCUT2D eigenvalue weighted by Gasteiger charge is 2.57. The van der Waals surface area contributed by atoms with Crippen LogP contribution in [0.15, 0.2) is 28.8 Å². The van der Waals surface area contributed by atoms with Gasteiger partial charge >= 0.3 is 0 Å². The number of rotatable bonds is 7. The van der Waals surface area contributed by atoms with Crippen LogP contribution in [-0.2, 0) is 9.59 Å². The number of benzene rings is 1. The summed E-state index contributed by atoms with van der Waals surface area (Å²) in [5.41, 5.74) is -0.375. The van der Waals surface area contributed by atoms with Gasteiger partial charge in [0.1, 0.15) is 11.6 Å². The van der Waals surface area contributed by atoms with Gasteiger partial charge in [0.15, 0.2) is 12.5 Å². The number of piperidine rings is 1. The molecule has 1 unspecified atom stereocenters. The minimum absolute atomic E-state index is 0.0126. The molecule has 6 rings (SSSR count). The van der Waals surface area contributed by atoms with Crippen LogP contribution in [0.3, 0.4) is 0 Å². The van der Waals surface area contributed by atoms with Gasteiger partial charge < -0.3 is 24.7 Å². The zero-order valence-electron chi connectivity index (χ0n) is 19.9. The first-order valence-corrected chi connectivity index (χ1v) is 12.5. The van der Waals surface area contributed by atoms with E-state index in [1.807, 2.05) is 0 Å². The van der Waals surface area contributed by atoms with Crippen LogP contribution in [0, 0.1) is 11.7 Å². The van der Waals surface area contributed by atoms with Crippen molar-refractivity contribution >= 4 is 29.3 Å². The average molecular weight is 519 g/mol. The van der Waals surface area contributed by atoms with E-state index in [9.17, 15) is 18.8 Å². The molecule has 0 spiro atoms. The second kappa shape index (κ2) is 9.72. The molecule has 3 saturated carbocycles. The van der Waals surface area contributed by atoms with Crippen LogP contribution in [0.1, 0.15) is 61.4 Å². The highest BCUT2D eigenvalue weighted by molar-refractivity contribution is 6.30. The van der Waals surface area contributed by atoms with E-state index in [1.165, 1.54) is 18.3 Å². The summed E-state index contributed by atoms with van der Waals surface area (Å²) >= 11 is 5.66. The number of nitrogens with one attached hydrogen (secondary N) is 2. The van der Waals surface area contributed by atoms with E-state index in [0.29, 0.717) is 25.4 Å². The van der Waals surface area contributed by atoms with Gasteiger partial charge in [-0.1, -0.05) is 11.6 Å². The van der Waals surface area contributed by atoms with Crippen LogP contribution >= 0.6 is 11.6 Å².